The standard InChI is InChI=1S/C18H34N4O/c1-12(2)11-22-15(6)16(14(5)20-22)10-18(23)21(7)9-8-17(19)13(3)4/h12-13,17H,8-11,19H2,1-7H3. The Kier molecular flexibility index (Phi) is 7.26. The van der Waals surface area contributed by atoms with Crippen molar-refractivity contribution in [2.24, 2.45) is 17.6 Å². The van der Waals surface area contributed by atoms with Gasteiger partial charge in [0.25, 0.3) is 0 Å². The molecule has 2 N–H and O–H groups in total. The number of aryl methyl sites for hydroxylation is 1. The maximum Gasteiger partial charge on any atom is 0.226 e. The van der Waals surface area contributed by atoms with E-state index >= 15 is 0 Å². The van der Waals surface area contributed by atoms with Crippen LogP contribution in [0.2, 0.25) is 0 Å². The summed E-state index contributed by atoms with van der Waals surface area (Å²) in [6.07, 6.45) is 1.26. The molecule has 0 saturated carbocycles. The van der Waals surface area contributed by atoms with Crippen LogP contribution in [-0.2, 0) is 17.8 Å². The van der Waals surface area contributed by atoms with E-state index in [1.54, 1.807) is 4.90 Å². The second-order valence-corrected chi connectivity index (χ2v) is 7.41. The van der Waals surface area contributed by atoms with Crippen molar-refractivity contribution in [2.45, 2.75) is 67.0 Å². The molecule has 1 unspecified atom stereocenters. The van der Waals surface area contributed by atoms with Crippen molar-refractivity contribution in [1.82, 2.24) is 14.7 Å². The molecule has 1 aromatic heterocycles. The van der Waals surface area contributed by atoms with E-state index < -0.39 is 0 Å². The number of aromatic nitrogens is 2. The van der Waals surface area contributed by atoms with Crippen molar-refractivity contribution in [3.63, 3.8) is 0 Å². The Morgan fingerprint density at radius 3 is 2.39 bits per heavy atom. The fourth-order valence-corrected chi connectivity index (χ4v) is 2.60. The monoisotopic (exact) mass is 322 g/mol. The fourth-order valence-electron chi connectivity index (χ4n) is 2.60. The molecule has 0 fully saturated rings. The van der Waals surface area contributed by atoms with E-state index in [1.807, 2.05) is 18.7 Å². The predicted octanol–water partition coefficient (Wildman–Crippen LogP) is 2.53. The first-order chi connectivity index (χ1) is 10.6. The molecule has 0 radical (unpaired) electrons. The number of likely N-dealkylation sites (N-methyl/N-ethyl adjacent to an activating group) is 1. The molecular formula is C18H34N4O. The summed E-state index contributed by atoms with van der Waals surface area (Å²) in [5.74, 6) is 1.12. The van der Waals surface area contributed by atoms with Gasteiger partial charge in [-0.2, -0.15) is 5.10 Å². The molecule has 132 valence electrons. The Morgan fingerprint density at radius 1 is 1.26 bits per heavy atom. The molecule has 0 aliphatic carbocycles. The maximum absolute atomic E-state index is 12.5. The first-order valence-electron chi connectivity index (χ1n) is 8.65. The quantitative estimate of drug-likeness (QED) is 0.800. The molecule has 0 bridgehead atoms. The van der Waals surface area contributed by atoms with Crippen LogP contribution in [0.15, 0.2) is 0 Å². The van der Waals surface area contributed by atoms with Crippen LogP contribution < -0.4 is 5.73 Å². The number of hydrogen-bond donors (Lipinski definition) is 1. The highest BCUT2D eigenvalue weighted by atomic mass is 16.2. The first kappa shape index (κ1) is 19.7. The molecule has 1 amide bonds. The lowest BCUT2D eigenvalue weighted by Crippen LogP contribution is -2.35. The Balaban J connectivity index is 2.68. The number of rotatable bonds is 8. The van der Waals surface area contributed by atoms with Gasteiger partial charge in [0.05, 0.1) is 12.1 Å². The number of carbonyl (C=O) groups excluding carboxylic acids is 1. The summed E-state index contributed by atoms with van der Waals surface area (Å²) in [5, 5.41) is 4.59. The number of nitrogens with zero attached hydrogens (tertiary/aromatic N) is 3. The Bertz CT molecular complexity index is 519. The fraction of sp³-hybridized carbons (Fsp3) is 0.778. The Labute approximate surface area is 141 Å². The highest BCUT2D eigenvalue weighted by Gasteiger charge is 2.18. The Hall–Kier alpha value is -1.36. The SMILES string of the molecule is Cc1nn(CC(C)C)c(C)c1CC(=O)N(C)CCC(N)C(C)C. The molecule has 0 aliphatic heterocycles. The zero-order valence-corrected chi connectivity index (χ0v) is 15.9. The predicted molar refractivity (Wildman–Crippen MR) is 95.3 cm³/mol. The molecule has 5 heteroatoms. The van der Waals surface area contributed by atoms with Gasteiger partial charge in [0.2, 0.25) is 5.91 Å². The topological polar surface area (TPSA) is 64.2 Å². The van der Waals surface area contributed by atoms with Crippen molar-refractivity contribution >= 4 is 5.91 Å². The highest BCUT2D eigenvalue weighted by molar-refractivity contribution is 5.79. The zero-order valence-electron chi connectivity index (χ0n) is 15.9. The summed E-state index contributed by atoms with van der Waals surface area (Å²) in [7, 11) is 1.86. The summed E-state index contributed by atoms with van der Waals surface area (Å²) in [4.78, 5) is 14.3. The van der Waals surface area contributed by atoms with Crippen LogP contribution in [0.4, 0.5) is 0 Å². The lowest BCUT2D eigenvalue weighted by molar-refractivity contribution is -0.129. The van der Waals surface area contributed by atoms with Gasteiger partial charge in [0, 0.05) is 37.4 Å². The van der Waals surface area contributed by atoms with Crippen molar-refractivity contribution in [3.8, 4) is 0 Å². The van der Waals surface area contributed by atoms with E-state index in [0.717, 1.165) is 29.9 Å². The number of hydrogen-bond acceptors (Lipinski definition) is 3. The molecule has 0 aliphatic rings. The summed E-state index contributed by atoms with van der Waals surface area (Å²) < 4.78 is 2.03. The van der Waals surface area contributed by atoms with Gasteiger partial charge < -0.3 is 10.6 Å². The summed E-state index contributed by atoms with van der Waals surface area (Å²) in [6.45, 7) is 14.2. The van der Waals surface area contributed by atoms with Gasteiger partial charge in [-0.15, -0.1) is 0 Å². The minimum absolute atomic E-state index is 0.135. The average Bonchev–Trinajstić information content (AvgIpc) is 2.70. The molecule has 1 atom stereocenters. The van der Waals surface area contributed by atoms with Crippen LogP contribution in [0.25, 0.3) is 0 Å². The largest absolute Gasteiger partial charge is 0.345 e. The van der Waals surface area contributed by atoms with E-state index in [9.17, 15) is 4.79 Å². The van der Waals surface area contributed by atoms with Crippen molar-refractivity contribution in [3.05, 3.63) is 17.0 Å². The summed E-state index contributed by atoms with van der Waals surface area (Å²) in [5.41, 5.74) is 9.20. The van der Waals surface area contributed by atoms with E-state index in [2.05, 4.69) is 39.7 Å². The lowest BCUT2D eigenvalue weighted by atomic mass is 10.0. The van der Waals surface area contributed by atoms with Crippen LogP contribution >= 0.6 is 0 Å². The van der Waals surface area contributed by atoms with Gasteiger partial charge in [-0.3, -0.25) is 9.48 Å². The Morgan fingerprint density at radius 2 is 1.87 bits per heavy atom. The van der Waals surface area contributed by atoms with Crippen LogP contribution in [-0.4, -0.2) is 40.2 Å². The minimum atomic E-state index is 0.135. The summed E-state index contributed by atoms with van der Waals surface area (Å²) >= 11 is 0. The first-order valence-corrected chi connectivity index (χ1v) is 8.65. The highest BCUT2D eigenvalue weighted by Crippen LogP contribution is 2.16. The van der Waals surface area contributed by atoms with Gasteiger partial charge in [-0.25, -0.2) is 0 Å². The van der Waals surface area contributed by atoms with Crippen LogP contribution in [0.1, 0.15) is 51.1 Å². The third-order valence-corrected chi connectivity index (χ3v) is 4.48. The number of carbonyl (C=O) groups is 1. The molecule has 0 aromatic carbocycles. The second-order valence-electron chi connectivity index (χ2n) is 7.41. The molecular weight excluding hydrogens is 288 g/mol. The van der Waals surface area contributed by atoms with Gasteiger partial charge in [-0.1, -0.05) is 27.7 Å². The van der Waals surface area contributed by atoms with Crippen LogP contribution in [0.5, 0.6) is 0 Å². The molecule has 1 aromatic rings. The van der Waals surface area contributed by atoms with Gasteiger partial charge in [0.15, 0.2) is 0 Å². The number of nitrogens with two attached hydrogens (primary N) is 1. The van der Waals surface area contributed by atoms with E-state index in [4.69, 9.17) is 5.73 Å². The van der Waals surface area contributed by atoms with Crippen molar-refractivity contribution in [2.75, 3.05) is 13.6 Å². The van der Waals surface area contributed by atoms with Gasteiger partial charge >= 0.3 is 0 Å². The van der Waals surface area contributed by atoms with Gasteiger partial charge in [-0.05, 0) is 32.1 Å². The summed E-state index contributed by atoms with van der Waals surface area (Å²) in [6, 6.07) is 0.141. The van der Waals surface area contributed by atoms with E-state index in [0.29, 0.717) is 24.8 Å². The maximum atomic E-state index is 12.5. The van der Waals surface area contributed by atoms with Crippen molar-refractivity contribution < 1.29 is 4.79 Å². The van der Waals surface area contributed by atoms with E-state index in [1.165, 1.54) is 0 Å². The van der Waals surface area contributed by atoms with Crippen LogP contribution in [0, 0.1) is 25.7 Å². The minimum Gasteiger partial charge on any atom is -0.345 e. The molecule has 0 saturated heterocycles. The lowest BCUT2D eigenvalue weighted by Gasteiger charge is -2.21. The average molecular weight is 322 g/mol. The van der Waals surface area contributed by atoms with Crippen LogP contribution in [0.3, 0.4) is 0 Å². The molecule has 5 nitrogen and oxygen atoms in total. The third-order valence-electron chi connectivity index (χ3n) is 4.48. The molecule has 23 heavy (non-hydrogen) atoms. The second kappa shape index (κ2) is 8.48. The third kappa shape index (κ3) is 5.65. The molecule has 1 rings (SSSR count). The van der Waals surface area contributed by atoms with Gasteiger partial charge in [0.1, 0.15) is 0 Å². The van der Waals surface area contributed by atoms with E-state index in [-0.39, 0.29) is 11.9 Å². The number of amides is 1. The smallest absolute Gasteiger partial charge is 0.226 e. The molecule has 0 spiro atoms. The normalized spacial score (nSPS) is 13.0. The zero-order chi connectivity index (χ0) is 17.7. The molecule has 1 heterocycles. The van der Waals surface area contributed by atoms with Crippen molar-refractivity contribution in [1.29, 1.82) is 0 Å².